The number of amides is 1. The lowest BCUT2D eigenvalue weighted by atomic mass is 10.2. The molecule has 0 radical (unpaired) electrons. The molecule has 1 aromatic rings. The van der Waals surface area contributed by atoms with Crippen LogP contribution in [-0.4, -0.2) is 25.6 Å². The van der Waals surface area contributed by atoms with E-state index in [1.54, 1.807) is 7.05 Å². The maximum absolute atomic E-state index is 11.3. The molecule has 0 aromatic heterocycles. The number of anilines is 1. The van der Waals surface area contributed by atoms with Gasteiger partial charge in [0.2, 0.25) is 5.91 Å². The summed E-state index contributed by atoms with van der Waals surface area (Å²) >= 11 is 0. The summed E-state index contributed by atoms with van der Waals surface area (Å²) in [6, 6.07) is 7.29. The summed E-state index contributed by atoms with van der Waals surface area (Å²) in [5.74, 6) is 0.800. The molecule has 1 aromatic carbocycles. The first-order valence-corrected chi connectivity index (χ1v) is 5.38. The zero-order valence-electron chi connectivity index (χ0n) is 9.91. The minimum absolute atomic E-state index is 0.0334. The van der Waals surface area contributed by atoms with E-state index in [1.807, 2.05) is 38.1 Å². The molecular weight excluding hydrogens is 204 g/mol. The molecular formula is C12H18N2O2. The van der Waals surface area contributed by atoms with Gasteiger partial charge in [-0.25, -0.2) is 0 Å². The lowest BCUT2D eigenvalue weighted by molar-refractivity contribution is -0.121. The Hall–Kier alpha value is -1.71. The number of ether oxygens (including phenoxy) is 1. The van der Waals surface area contributed by atoms with Crippen LogP contribution in [0.3, 0.4) is 0 Å². The largest absolute Gasteiger partial charge is 0.494 e. The maximum atomic E-state index is 11.3. The van der Waals surface area contributed by atoms with E-state index in [-0.39, 0.29) is 11.9 Å². The predicted octanol–water partition coefficient (Wildman–Crippen LogP) is 1.63. The van der Waals surface area contributed by atoms with Crippen molar-refractivity contribution in [2.75, 3.05) is 19.0 Å². The van der Waals surface area contributed by atoms with E-state index in [4.69, 9.17) is 4.74 Å². The lowest BCUT2D eigenvalue weighted by Crippen LogP contribution is -2.35. The number of likely N-dealkylation sites (N-methyl/N-ethyl adjacent to an activating group) is 1. The van der Waals surface area contributed by atoms with Crippen LogP contribution < -0.4 is 15.4 Å². The molecule has 0 saturated carbocycles. The first kappa shape index (κ1) is 12.4. The van der Waals surface area contributed by atoms with Crippen molar-refractivity contribution in [2.45, 2.75) is 19.9 Å². The molecule has 88 valence electrons. The Balaban J connectivity index is 2.58. The fourth-order valence-electron chi connectivity index (χ4n) is 1.35. The van der Waals surface area contributed by atoms with Crippen molar-refractivity contribution in [1.29, 1.82) is 0 Å². The Labute approximate surface area is 96.0 Å². The average Bonchev–Trinajstić information content (AvgIpc) is 2.31. The summed E-state index contributed by atoms with van der Waals surface area (Å²) < 4.78 is 5.33. The molecule has 0 bridgehead atoms. The van der Waals surface area contributed by atoms with Crippen LogP contribution in [0, 0.1) is 0 Å². The highest BCUT2D eigenvalue weighted by molar-refractivity contribution is 5.83. The Morgan fingerprint density at radius 1 is 1.38 bits per heavy atom. The van der Waals surface area contributed by atoms with Crippen molar-refractivity contribution in [3.05, 3.63) is 24.3 Å². The van der Waals surface area contributed by atoms with Crippen LogP contribution in [-0.2, 0) is 4.79 Å². The summed E-state index contributed by atoms with van der Waals surface area (Å²) in [5.41, 5.74) is 0.902. The number of carbonyl (C=O) groups is 1. The molecule has 0 spiro atoms. The van der Waals surface area contributed by atoms with E-state index in [1.165, 1.54) is 0 Å². The summed E-state index contributed by atoms with van der Waals surface area (Å²) in [5, 5.41) is 5.68. The number of carbonyl (C=O) groups excluding carboxylic acids is 1. The maximum Gasteiger partial charge on any atom is 0.241 e. The Morgan fingerprint density at radius 2 is 2.00 bits per heavy atom. The van der Waals surface area contributed by atoms with Crippen molar-refractivity contribution >= 4 is 11.6 Å². The number of rotatable bonds is 5. The molecule has 4 nitrogen and oxygen atoms in total. The van der Waals surface area contributed by atoms with E-state index in [0.29, 0.717) is 6.61 Å². The van der Waals surface area contributed by atoms with Gasteiger partial charge < -0.3 is 15.4 Å². The first-order valence-electron chi connectivity index (χ1n) is 5.38. The van der Waals surface area contributed by atoms with E-state index >= 15 is 0 Å². The van der Waals surface area contributed by atoms with Crippen LogP contribution in [0.4, 0.5) is 5.69 Å². The fraction of sp³-hybridized carbons (Fsp3) is 0.417. The van der Waals surface area contributed by atoms with Crippen LogP contribution in [0.25, 0.3) is 0 Å². The topological polar surface area (TPSA) is 50.4 Å². The zero-order chi connectivity index (χ0) is 12.0. The van der Waals surface area contributed by atoms with Crippen LogP contribution in [0.5, 0.6) is 5.75 Å². The minimum Gasteiger partial charge on any atom is -0.494 e. The number of hydrogen-bond acceptors (Lipinski definition) is 3. The van der Waals surface area contributed by atoms with E-state index in [0.717, 1.165) is 11.4 Å². The van der Waals surface area contributed by atoms with Gasteiger partial charge in [-0.05, 0) is 38.1 Å². The molecule has 0 saturated heterocycles. The monoisotopic (exact) mass is 222 g/mol. The van der Waals surface area contributed by atoms with E-state index in [9.17, 15) is 4.79 Å². The molecule has 0 aliphatic rings. The van der Waals surface area contributed by atoms with Crippen molar-refractivity contribution in [1.82, 2.24) is 5.32 Å². The van der Waals surface area contributed by atoms with Crippen molar-refractivity contribution in [2.24, 2.45) is 0 Å². The minimum atomic E-state index is -0.247. The summed E-state index contributed by atoms with van der Waals surface area (Å²) in [4.78, 5) is 11.3. The quantitative estimate of drug-likeness (QED) is 0.796. The Bertz CT molecular complexity index is 335. The fourth-order valence-corrected chi connectivity index (χ4v) is 1.35. The smallest absolute Gasteiger partial charge is 0.241 e. The Morgan fingerprint density at radius 3 is 2.50 bits per heavy atom. The van der Waals surface area contributed by atoms with Gasteiger partial charge in [0.15, 0.2) is 0 Å². The lowest BCUT2D eigenvalue weighted by Gasteiger charge is -2.13. The second kappa shape index (κ2) is 6.00. The van der Waals surface area contributed by atoms with Crippen LogP contribution in [0.15, 0.2) is 24.3 Å². The molecule has 2 N–H and O–H groups in total. The average molecular weight is 222 g/mol. The van der Waals surface area contributed by atoms with Crippen molar-refractivity contribution < 1.29 is 9.53 Å². The van der Waals surface area contributed by atoms with Gasteiger partial charge >= 0.3 is 0 Å². The van der Waals surface area contributed by atoms with Gasteiger partial charge in [0, 0.05) is 12.7 Å². The highest BCUT2D eigenvalue weighted by atomic mass is 16.5. The van der Waals surface area contributed by atoms with Crippen LogP contribution in [0.1, 0.15) is 13.8 Å². The number of benzene rings is 1. The normalized spacial score (nSPS) is 11.7. The predicted molar refractivity (Wildman–Crippen MR) is 64.8 cm³/mol. The second-order valence-electron chi connectivity index (χ2n) is 3.44. The third kappa shape index (κ3) is 3.46. The van der Waals surface area contributed by atoms with E-state index < -0.39 is 0 Å². The van der Waals surface area contributed by atoms with Crippen LogP contribution >= 0.6 is 0 Å². The van der Waals surface area contributed by atoms with Gasteiger partial charge in [-0.3, -0.25) is 4.79 Å². The third-order valence-corrected chi connectivity index (χ3v) is 2.19. The van der Waals surface area contributed by atoms with Gasteiger partial charge in [0.05, 0.1) is 6.61 Å². The van der Waals surface area contributed by atoms with Crippen molar-refractivity contribution in [3.8, 4) is 5.75 Å². The van der Waals surface area contributed by atoms with Gasteiger partial charge in [-0.15, -0.1) is 0 Å². The second-order valence-corrected chi connectivity index (χ2v) is 3.44. The molecule has 16 heavy (non-hydrogen) atoms. The third-order valence-electron chi connectivity index (χ3n) is 2.19. The molecule has 0 aliphatic heterocycles. The summed E-state index contributed by atoms with van der Waals surface area (Å²) in [6.45, 7) is 4.41. The van der Waals surface area contributed by atoms with Gasteiger partial charge in [0.25, 0.3) is 0 Å². The molecule has 4 heteroatoms. The van der Waals surface area contributed by atoms with Crippen molar-refractivity contribution in [3.63, 3.8) is 0 Å². The molecule has 0 heterocycles. The van der Waals surface area contributed by atoms with Gasteiger partial charge in [-0.1, -0.05) is 0 Å². The van der Waals surface area contributed by atoms with E-state index in [2.05, 4.69) is 10.6 Å². The highest BCUT2D eigenvalue weighted by Gasteiger charge is 2.09. The first-order chi connectivity index (χ1) is 7.67. The molecule has 1 unspecified atom stereocenters. The van der Waals surface area contributed by atoms with Crippen LogP contribution in [0.2, 0.25) is 0 Å². The number of nitrogens with one attached hydrogen (secondary N) is 2. The van der Waals surface area contributed by atoms with Gasteiger partial charge in [-0.2, -0.15) is 0 Å². The number of hydrogen-bond donors (Lipinski definition) is 2. The molecule has 1 amide bonds. The SMILES string of the molecule is CCOc1ccc(NC(C)C(=O)NC)cc1. The zero-order valence-corrected chi connectivity index (χ0v) is 9.91. The molecule has 0 fully saturated rings. The Kier molecular flexibility index (Phi) is 4.64. The van der Waals surface area contributed by atoms with Gasteiger partial charge in [0.1, 0.15) is 11.8 Å². The summed E-state index contributed by atoms with van der Waals surface area (Å²) in [6.07, 6.45) is 0. The standard InChI is InChI=1S/C12H18N2O2/c1-4-16-11-7-5-10(6-8-11)14-9(2)12(15)13-3/h5-9,14H,4H2,1-3H3,(H,13,15). The molecule has 1 rings (SSSR count). The highest BCUT2D eigenvalue weighted by Crippen LogP contribution is 2.16. The molecule has 1 atom stereocenters. The molecule has 0 aliphatic carbocycles. The summed E-state index contributed by atoms with van der Waals surface area (Å²) in [7, 11) is 1.62.